The van der Waals surface area contributed by atoms with Gasteiger partial charge in [0.05, 0.1) is 6.04 Å². The average Bonchev–Trinajstić information content (AvgIpc) is 2.51. The van der Waals surface area contributed by atoms with Crippen molar-refractivity contribution in [3.63, 3.8) is 0 Å². The van der Waals surface area contributed by atoms with Crippen molar-refractivity contribution < 1.29 is 14.3 Å². The molecule has 1 rings (SSSR count). The van der Waals surface area contributed by atoms with Gasteiger partial charge in [-0.15, -0.1) is 0 Å². The number of hydrogen-bond donors (Lipinski definition) is 1. The minimum absolute atomic E-state index is 0.116. The van der Waals surface area contributed by atoms with Crippen LogP contribution < -0.4 is 5.32 Å². The van der Waals surface area contributed by atoms with E-state index in [1.165, 1.54) is 5.57 Å². The van der Waals surface area contributed by atoms with Gasteiger partial charge in [0.15, 0.2) is 0 Å². The minimum Gasteiger partial charge on any atom is -0.444 e. The highest BCUT2D eigenvalue weighted by atomic mass is 16.6. The van der Waals surface area contributed by atoms with E-state index >= 15 is 0 Å². The third-order valence-corrected chi connectivity index (χ3v) is 4.18. The molecule has 0 aromatic heterocycles. The second-order valence-electron chi connectivity index (χ2n) is 7.18. The predicted octanol–water partition coefficient (Wildman–Crippen LogP) is 3.46. The molecule has 136 valence electrons. The Balaban J connectivity index is 3.18. The fourth-order valence-corrected chi connectivity index (χ4v) is 2.93. The van der Waals surface area contributed by atoms with Gasteiger partial charge in [0.1, 0.15) is 11.9 Å². The first kappa shape index (κ1) is 20.4. The van der Waals surface area contributed by atoms with Gasteiger partial charge in [0.2, 0.25) is 0 Å². The third kappa shape index (κ3) is 5.48. The number of nitrogens with one attached hydrogen (secondary N) is 1. The van der Waals surface area contributed by atoms with Crippen LogP contribution in [-0.4, -0.2) is 49.1 Å². The summed E-state index contributed by atoms with van der Waals surface area (Å²) in [5.74, 6) is 0. The number of carbonyl (C=O) groups is 2. The molecule has 24 heavy (non-hydrogen) atoms. The van der Waals surface area contributed by atoms with Crippen LogP contribution in [0, 0.1) is 0 Å². The lowest BCUT2D eigenvalue weighted by Gasteiger charge is -2.38. The summed E-state index contributed by atoms with van der Waals surface area (Å²) in [6, 6.07) is -0.116. The molecule has 0 bridgehead atoms. The summed E-state index contributed by atoms with van der Waals surface area (Å²) in [7, 11) is 1.87. The van der Waals surface area contributed by atoms with Gasteiger partial charge in [-0.1, -0.05) is 18.6 Å². The van der Waals surface area contributed by atoms with Gasteiger partial charge in [0, 0.05) is 19.5 Å². The highest BCUT2D eigenvalue weighted by Gasteiger charge is 2.33. The number of rotatable bonds is 6. The van der Waals surface area contributed by atoms with Crippen LogP contribution in [0.2, 0.25) is 0 Å². The van der Waals surface area contributed by atoms with Crippen LogP contribution in [0.4, 0.5) is 4.79 Å². The van der Waals surface area contributed by atoms with E-state index in [1.54, 1.807) is 4.90 Å². The van der Waals surface area contributed by atoms with Crippen molar-refractivity contribution in [3.05, 3.63) is 22.8 Å². The molecule has 0 aliphatic carbocycles. The van der Waals surface area contributed by atoms with E-state index in [1.807, 2.05) is 27.8 Å². The monoisotopic (exact) mass is 336 g/mol. The van der Waals surface area contributed by atoms with E-state index < -0.39 is 5.60 Å². The highest BCUT2D eigenvalue weighted by Crippen LogP contribution is 2.30. The van der Waals surface area contributed by atoms with Crippen molar-refractivity contribution in [2.24, 2.45) is 0 Å². The van der Waals surface area contributed by atoms with Crippen molar-refractivity contribution in [1.82, 2.24) is 10.2 Å². The van der Waals surface area contributed by atoms with E-state index in [-0.39, 0.29) is 12.1 Å². The second kappa shape index (κ2) is 9.02. The van der Waals surface area contributed by atoms with Gasteiger partial charge < -0.3 is 14.8 Å². The Morgan fingerprint density at radius 3 is 2.62 bits per heavy atom. The van der Waals surface area contributed by atoms with E-state index in [4.69, 9.17) is 4.74 Å². The fraction of sp³-hybridized carbons (Fsp3) is 0.684. The number of allylic oxidation sites excluding steroid dienone is 1. The normalized spacial score (nSPS) is 19.5. The SMILES string of the molecule is CCC(C)=C(CC=O)C1=CCCN(C(=O)OC(C)(C)C)C1CNC. The lowest BCUT2D eigenvalue weighted by molar-refractivity contribution is -0.107. The number of carbonyl (C=O) groups excluding carboxylic acids is 2. The van der Waals surface area contributed by atoms with Crippen LogP contribution in [0.15, 0.2) is 22.8 Å². The molecule has 1 aliphatic rings. The Labute approximate surface area is 146 Å². The molecule has 0 aromatic carbocycles. The van der Waals surface area contributed by atoms with E-state index in [9.17, 15) is 9.59 Å². The Hall–Kier alpha value is -1.62. The second-order valence-corrected chi connectivity index (χ2v) is 7.18. The molecule has 1 atom stereocenters. The summed E-state index contributed by atoms with van der Waals surface area (Å²) in [5.41, 5.74) is 2.80. The number of likely N-dealkylation sites (N-methyl/N-ethyl adjacent to an activating group) is 1. The summed E-state index contributed by atoms with van der Waals surface area (Å²) >= 11 is 0. The molecule has 1 N–H and O–H groups in total. The molecule has 0 saturated carbocycles. The first-order valence-corrected chi connectivity index (χ1v) is 8.72. The fourth-order valence-electron chi connectivity index (χ4n) is 2.93. The largest absolute Gasteiger partial charge is 0.444 e. The molecule has 0 spiro atoms. The maximum atomic E-state index is 12.6. The summed E-state index contributed by atoms with van der Waals surface area (Å²) in [6.07, 6.45) is 4.85. The predicted molar refractivity (Wildman–Crippen MR) is 97.0 cm³/mol. The van der Waals surface area contributed by atoms with Crippen LogP contribution in [0.1, 0.15) is 53.9 Å². The van der Waals surface area contributed by atoms with E-state index in [0.717, 1.165) is 30.3 Å². The topological polar surface area (TPSA) is 58.6 Å². The Kier molecular flexibility index (Phi) is 7.67. The lowest BCUT2D eigenvalue weighted by atomic mass is 9.88. The maximum absolute atomic E-state index is 12.6. The summed E-state index contributed by atoms with van der Waals surface area (Å²) in [4.78, 5) is 25.6. The van der Waals surface area contributed by atoms with Gasteiger partial charge in [0.25, 0.3) is 0 Å². The number of ether oxygens (including phenoxy) is 1. The van der Waals surface area contributed by atoms with Crippen molar-refractivity contribution in [1.29, 1.82) is 0 Å². The van der Waals surface area contributed by atoms with E-state index in [2.05, 4.69) is 25.2 Å². The molecule has 5 nitrogen and oxygen atoms in total. The van der Waals surface area contributed by atoms with Crippen molar-refractivity contribution in [2.75, 3.05) is 20.1 Å². The number of aldehydes is 1. The molecule has 1 heterocycles. The van der Waals surface area contributed by atoms with E-state index in [0.29, 0.717) is 19.5 Å². The molecule has 0 saturated heterocycles. The first-order chi connectivity index (χ1) is 11.2. The molecule has 0 aromatic rings. The molecule has 1 aliphatic heterocycles. The van der Waals surface area contributed by atoms with Gasteiger partial charge in [-0.25, -0.2) is 4.79 Å². The number of nitrogens with zero attached hydrogens (tertiary/aromatic N) is 1. The Morgan fingerprint density at radius 1 is 1.46 bits per heavy atom. The average molecular weight is 336 g/mol. The highest BCUT2D eigenvalue weighted by molar-refractivity contribution is 5.70. The molecule has 1 amide bonds. The Bertz CT molecular complexity index is 515. The standard InChI is InChI=1S/C19H32N2O3/c1-7-14(2)15(10-12-22)16-9-8-11-21(17(16)13-20-6)18(23)24-19(3,4)5/h9,12,17,20H,7-8,10-11,13H2,1-6H3. The van der Waals surface area contributed by atoms with Gasteiger partial charge in [-0.3, -0.25) is 4.90 Å². The van der Waals surface area contributed by atoms with Crippen LogP contribution in [-0.2, 0) is 9.53 Å². The molecular formula is C19H32N2O3. The Morgan fingerprint density at radius 2 is 2.12 bits per heavy atom. The van der Waals surface area contributed by atoms with Crippen molar-refractivity contribution in [3.8, 4) is 0 Å². The molecule has 5 heteroatoms. The first-order valence-electron chi connectivity index (χ1n) is 8.72. The van der Waals surface area contributed by atoms with Crippen LogP contribution in [0.25, 0.3) is 0 Å². The van der Waals surface area contributed by atoms with Gasteiger partial charge >= 0.3 is 6.09 Å². The van der Waals surface area contributed by atoms with Crippen LogP contribution in [0.5, 0.6) is 0 Å². The zero-order valence-corrected chi connectivity index (χ0v) is 15.9. The molecular weight excluding hydrogens is 304 g/mol. The van der Waals surface area contributed by atoms with Crippen molar-refractivity contribution in [2.45, 2.75) is 65.5 Å². The van der Waals surface area contributed by atoms with Crippen LogP contribution in [0.3, 0.4) is 0 Å². The maximum Gasteiger partial charge on any atom is 0.410 e. The third-order valence-electron chi connectivity index (χ3n) is 4.18. The van der Waals surface area contributed by atoms with Crippen LogP contribution >= 0.6 is 0 Å². The molecule has 0 radical (unpaired) electrons. The van der Waals surface area contributed by atoms with Gasteiger partial charge in [-0.2, -0.15) is 0 Å². The summed E-state index contributed by atoms with van der Waals surface area (Å²) in [5, 5.41) is 3.17. The zero-order chi connectivity index (χ0) is 18.3. The quantitative estimate of drug-likeness (QED) is 0.755. The van der Waals surface area contributed by atoms with Crippen molar-refractivity contribution >= 4 is 12.4 Å². The summed E-state index contributed by atoms with van der Waals surface area (Å²) in [6.45, 7) is 11.0. The molecule has 0 fully saturated rings. The lowest BCUT2D eigenvalue weighted by Crippen LogP contribution is -2.50. The summed E-state index contributed by atoms with van der Waals surface area (Å²) < 4.78 is 5.58. The smallest absolute Gasteiger partial charge is 0.410 e. The minimum atomic E-state index is -0.524. The number of amides is 1. The van der Waals surface area contributed by atoms with Gasteiger partial charge in [-0.05, 0) is 58.7 Å². The number of hydrogen-bond acceptors (Lipinski definition) is 4. The zero-order valence-electron chi connectivity index (χ0n) is 15.9. The molecule has 1 unspecified atom stereocenters.